The highest BCUT2D eigenvalue weighted by molar-refractivity contribution is 7.09. The van der Waals surface area contributed by atoms with Crippen molar-refractivity contribution in [3.8, 4) is 0 Å². The van der Waals surface area contributed by atoms with Gasteiger partial charge in [0.05, 0.1) is 48.5 Å². The topological polar surface area (TPSA) is 134 Å². The monoisotopic (exact) mass is 679 g/mol. The van der Waals surface area contributed by atoms with Crippen molar-refractivity contribution in [1.29, 1.82) is 0 Å². The van der Waals surface area contributed by atoms with Crippen LogP contribution in [0, 0.1) is 18.8 Å². The zero-order valence-corrected chi connectivity index (χ0v) is 29.0. The fourth-order valence-electron chi connectivity index (χ4n) is 6.38. The van der Waals surface area contributed by atoms with Crippen LogP contribution in [0.2, 0.25) is 0 Å². The first kappa shape index (κ1) is 35.9. The van der Waals surface area contributed by atoms with Crippen molar-refractivity contribution in [3.63, 3.8) is 0 Å². The first-order valence-electron chi connectivity index (χ1n) is 16.8. The van der Waals surface area contributed by atoms with Gasteiger partial charge in [0, 0.05) is 18.5 Å². The summed E-state index contributed by atoms with van der Waals surface area (Å²) in [7, 11) is 1.90. The molecule has 0 spiro atoms. The zero-order chi connectivity index (χ0) is 34.0. The van der Waals surface area contributed by atoms with Gasteiger partial charge in [0.25, 0.3) is 0 Å². The molecular formula is C36H49N5O6S. The van der Waals surface area contributed by atoms with E-state index in [1.54, 1.807) is 11.3 Å². The Hall–Kier alpha value is -3.39. The standard InChI is InChI=1S/C36H49N5O6S/c1-23(2)33(40-41(4)20-28-22-48-24(3)37-28)34(43)38-27(17-25-11-7-5-8-12-25)19-31(42)30(18-26-13-9-6-10-14-26)39-36(44)47-32-21-46-35-29(32)15-16-45-35/h5-14,22-23,27,29-33,35,40,42H,15-21H2,1-4H3,(H,38,43)(H,39,44)/t27-,29?,30-,31-,32?,33-,35?/m0/s1. The minimum Gasteiger partial charge on any atom is -0.443 e. The maximum absolute atomic E-state index is 13.9. The molecule has 2 fully saturated rings. The Balaban J connectivity index is 1.28. The van der Waals surface area contributed by atoms with E-state index in [0.29, 0.717) is 26.0 Å². The van der Waals surface area contributed by atoms with Gasteiger partial charge in [0.2, 0.25) is 5.91 Å². The summed E-state index contributed by atoms with van der Waals surface area (Å²) in [5.74, 6) is -0.175. The Bertz CT molecular complexity index is 1440. The molecule has 11 nitrogen and oxygen atoms in total. The number of aliphatic hydroxyl groups is 1. The molecule has 1 aromatic heterocycles. The number of hydrogen-bond donors (Lipinski definition) is 4. The summed E-state index contributed by atoms with van der Waals surface area (Å²) in [6.45, 7) is 7.39. The van der Waals surface area contributed by atoms with Crippen LogP contribution in [0.3, 0.4) is 0 Å². The lowest BCUT2D eigenvalue weighted by Gasteiger charge is -2.31. The number of alkyl carbamates (subject to hydrolysis) is 1. The second-order valence-electron chi connectivity index (χ2n) is 13.2. The number of nitrogens with one attached hydrogen (secondary N) is 3. The Morgan fingerprint density at radius 1 is 1.04 bits per heavy atom. The van der Waals surface area contributed by atoms with Crippen LogP contribution in [-0.4, -0.2) is 84.0 Å². The van der Waals surface area contributed by atoms with Crippen LogP contribution >= 0.6 is 11.3 Å². The van der Waals surface area contributed by atoms with Gasteiger partial charge >= 0.3 is 6.09 Å². The number of amides is 2. The van der Waals surface area contributed by atoms with E-state index < -0.39 is 36.4 Å². The number of hydrogen-bond acceptors (Lipinski definition) is 10. The second-order valence-corrected chi connectivity index (χ2v) is 14.2. The van der Waals surface area contributed by atoms with E-state index in [2.05, 4.69) is 21.0 Å². The van der Waals surface area contributed by atoms with Gasteiger partial charge in [-0.2, -0.15) is 0 Å². The molecule has 4 N–H and O–H groups in total. The average Bonchev–Trinajstić information content (AvgIpc) is 3.79. The largest absolute Gasteiger partial charge is 0.443 e. The van der Waals surface area contributed by atoms with Gasteiger partial charge in [-0.15, -0.1) is 11.3 Å². The number of carbonyl (C=O) groups is 2. The molecule has 7 atom stereocenters. The summed E-state index contributed by atoms with van der Waals surface area (Å²) in [6.07, 6.45) is -0.470. The number of aromatic nitrogens is 1. The fourth-order valence-corrected chi connectivity index (χ4v) is 6.98. The molecule has 0 radical (unpaired) electrons. The van der Waals surface area contributed by atoms with E-state index in [-0.39, 0.29) is 37.1 Å². The molecule has 260 valence electrons. The maximum Gasteiger partial charge on any atom is 0.407 e. The first-order valence-corrected chi connectivity index (χ1v) is 17.7. The maximum atomic E-state index is 13.9. The molecule has 2 saturated heterocycles. The molecule has 0 bridgehead atoms. The number of fused-ring (bicyclic) bond motifs is 1. The van der Waals surface area contributed by atoms with Crippen molar-refractivity contribution >= 4 is 23.3 Å². The van der Waals surface area contributed by atoms with Gasteiger partial charge in [0.1, 0.15) is 12.1 Å². The third-order valence-electron chi connectivity index (χ3n) is 8.88. The van der Waals surface area contributed by atoms with Gasteiger partial charge in [0.15, 0.2) is 6.29 Å². The number of ether oxygens (including phenoxy) is 3. The van der Waals surface area contributed by atoms with Crippen LogP contribution in [0.15, 0.2) is 66.0 Å². The zero-order valence-electron chi connectivity index (χ0n) is 28.2. The van der Waals surface area contributed by atoms with Crippen molar-refractivity contribution in [2.45, 2.75) is 89.6 Å². The molecule has 5 rings (SSSR count). The predicted octanol–water partition coefficient (Wildman–Crippen LogP) is 3.99. The number of thiazole rings is 1. The van der Waals surface area contributed by atoms with Crippen molar-refractivity contribution in [2.24, 2.45) is 11.8 Å². The van der Waals surface area contributed by atoms with Gasteiger partial charge in [-0.05, 0) is 49.7 Å². The van der Waals surface area contributed by atoms with Crippen LogP contribution in [0.1, 0.15) is 48.5 Å². The summed E-state index contributed by atoms with van der Waals surface area (Å²) in [6, 6.07) is 18.0. The smallest absolute Gasteiger partial charge is 0.407 e. The Kier molecular flexibility index (Phi) is 13.0. The minimum atomic E-state index is -0.991. The molecule has 2 amide bonds. The first-order chi connectivity index (χ1) is 23.1. The van der Waals surface area contributed by atoms with E-state index >= 15 is 0 Å². The summed E-state index contributed by atoms with van der Waals surface area (Å²) >= 11 is 1.60. The van der Waals surface area contributed by atoms with Crippen molar-refractivity contribution in [1.82, 2.24) is 26.1 Å². The van der Waals surface area contributed by atoms with Crippen LogP contribution in [0.25, 0.3) is 0 Å². The van der Waals surface area contributed by atoms with Crippen LogP contribution in [0.5, 0.6) is 0 Å². The van der Waals surface area contributed by atoms with Gasteiger partial charge in [-0.1, -0.05) is 74.5 Å². The molecule has 2 aliphatic rings. The summed E-state index contributed by atoms with van der Waals surface area (Å²) in [5, 5.41) is 22.8. The van der Waals surface area contributed by atoms with Gasteiger partial charge in [-0.25, -0.2) is 20.2 Å². The molecule has 2 aliphatic heterocycles. The second kappa shape index (κ2) is 17.3. The van der Waals surface area contributed by atoms with Crippen LogP contribution < -0.4 is 16.1 Å². The number of aryl methyl sites for hydroxylation is 1. The lowest BCUT2D eigenvalue weighted by molar-refractivity contribution is -0.126. The number of hydrazine groups is 1. The molecule has 2 aromatic carbocycles. The third-order valence-corrected chi connectivity index (χ3v) is 9.70. The van der Waals surface area contributed by atoms with Gasteiger partial charge in [-0.3, -0.25) is 4.79 Å². The van der Waals surface area contributed by atoms with Crippen LogP contribution in [-0.2, 0) is 38.4 Å². The highest BCUT2D eigenvalue weighted by Crippen LogP contribution is 2.33. The Morgan fingerprint density at radius 2 is 1.73 bits per heavy atom. The average molecular weight is 680 g/mol. The molecule has 3 aromatic rings. The van der Waals surface area contributed by atoms with Crippen molar-refractivity contribution in [3.05, 3.63) is 87.9 Å². The van der Waals surface area contributed by atoms with Crippen molar-refractivity contribution < 1.29 is 28.9 Å². The third kappa shape index (κ3) is 10.3. The normalized spacial score (nSPS) is 21.4. The van der Waals surface area contributed by atoms with E-state index in [1.165, 1.54) is 0 Å². The summed E-state index contributed by atoms with van der Waals surface area (Å²) < 4.78 is 17.0. The quantitative estimate of drug-likeness (QED) is 0.166. The lowest BCUT2D eigenvalue weighted by atomic mass is 9.93. The van der Waals surface area contributed by atoms with E-state index in [4.69, 9.17) is 14.2 Å². The lowest BCUT2D eigenvalue weighted by Crippen LogP contribution is -2.56. The molecule has 3 heterocycles. The Labute approximate surface area is 287 Å². The van der Waals surface area contributed by atoms with Gasteiger partial charge < -0.3 is 30.0 Å². The number of benzene rings is 2. The van der Waals surface area contributed by atoms with Crippen molar-refractivity contribution in [2.75, 3.05) is 20.3 Å². The predicted molar refractivity (Wildman–Crippen MR) is 184 cm³/mol. The molecule has 48 heavy (non-hydrogen) atoms. The highest BCUT2D eigenvalue weighted by Gasteiger charge is 2.44. The SMILES string of the molecule is Cc1nc(CN(C)N[C@H](C(=O)N[C@@H](Cc2ccccc2)C[C@H](O)[C@H](Cc2ccccc2)NC(=O)OC2COC3OCCC23)C(C)C)cs1. The number of rotatable bonds is 16. The minimum absolute atomic E-state index is 0.00546. The Morgan fingerprint density at radius 3 is 2.38 bits per heavy atom. The van der Waals surface area contributed by atoms with E-state index in [0.717, 1.165) is 28.2 Å². The van der Waals surface area contributed by atoms with E-state index in [9.17, 15) is 14.7 Å². The summed E-state index contributed by atoms with van der Waals surface area (Å²) in [5.41, 5.74) is 6.29. The molecular weight excluding hydrogens is 630 g/mol. The molecule has 12 heteroatoms. The number of nitrogens with zero attached hydrogens (tertiary/aromatic N) is 2. The van der Waals surface area contributed by atoms with Crippen LogP contribution in [0.4, 0.5) is 4.79 Å². The fraction of sp³-hybridized carbons (Fsp3) is 0.528. The number of aliphatic hydroxyl groups excluding tert-OH is 1. The molecule has 0 aliphatic carbocycles. The molecule has 0 saturated carbocycles. The van der Waals surface area contributed by atoms with E-state index in [1.807, 2.05) is 98.9 Å². The highest BCUT2D eigenvalue weighted by atomic mass is 32.1. The number of carbonyl (C=O) groups excluding carboxylic acids is 2. The molecule has 3 unspecified atom stereocenters. The summed E-state index contributed by atoms with van der Waals surface area (Å²) in [4.78, 5) is 31.6.